The normalized spacial score (nSPS) is 14.1. The van der Waals surface area contributed by atoms with Crippen molar-refractivity contribution < 1.29 is 4.74 Å². The molecule has 1 atom stereocenters. The average molecular weight is 225 g/mol. The molecule has 0 spiro atoms. The number of hydrogen-bond acceptors (Lipinski definition) is 3. The van der Waals surface area contributed by atoms with Crippen molar-refractivity contribution in [1.82, 2.24) is 15.5 Å². The molecule has 0 bridgehead atoms. The van der Waals surface area contributed by atoms with E-state index in [2.05, 4.69) is 36.3 Å². The maximum absolute atomic E-state index is 5.41. The fraction of sp³-hybridized carbons (Fsp3) is 0.750. The minimum absolute atomic E-state index is 0.0716. The maximum atomic E-state index is 5.41. The van der Waals surface area contributed by atoms with Gasteiger partial charge in [-0.3, -0.25) is 5.10 Å². The van der Waals surface area contributed by atoms with Gasteiger partial charge in [-0.2, -0.15) is 5.10 Å². The van der Waals surface area contributed by atoms with Crippen molar-refractivity contribution in [3.8, 4) is 0 Å². The summed E-state index contributed by atoms with van der Waals surface area (Å²) in [5, 5.41) is 10.4. The first-order valence-corrected chi connectivity index (χ1v) is 5.72. The van der Waals surface area contributed by atoms with Gasteiger partial charge >= 0.3 is 0 Å². The predicted octanol–water partition coefficient (Wildman–Crippen LogP) is 2.01. The second kappa shape index (κ2) is 5.46. The van der Waals surface area contributed by atoms with Gasteiger partial charge in [-0.15, -0.1) is 0 Å². The Morgan fingerprint density at radius 2 is 2.25 bits per heavy atom. The number of ether oxygens (including phenoxy) is 1. The fourth-order valence-electron chi connectivity index (χ4n) is 1.73. The Morgan fingerprint density at radius 1 is 1.56 bits per heavy atom. The van der Waals surface area contributed by atoms with Gasteiger partial charge in [0, 0.05) is 31.0 Å². The lowest BCUT2D eigenvalue weighted by Crippen LogP contribution is -2.35. The number of nitrogens with zero attached hydrogens (tertiary/aromatic N) is 1. The van der Waals surface area contributed by atoms with Gasteiger partial charge in [-0.05, 0) is 34.1 Å². The van der Waals surface area contributed by atoms with E-state index in [0.29, 0.717) is 6.04 Å². The summed E-state index contributed by atoms with van der Waals surface area (Å²) in [6.07, 6.45) is 2.86. The van der Waals surface area contributed by atoms with Crippen LogP contribution >= 0.6 is 0 Å². The lowest BCUT2D eigenvalue weighted by atomic mass is 10.00. The summed E-state index contributed by atoms with van der Waals surface area (Å²) in [5.41, 5.74) is 2.28. The molecule has 1 heterocycles. The molecule has 0 aromatic carbocycles. The van der Waals surface area contributed by atoms with Crippen molar-refractivity contribution in [3.05, 3.63) is 17.5 Å². The Balaban J connectivity index is 2.36. The quantitative estimate of drug-likeness (QED) is 0.778. The van der Waals surface area contributed by atoms with Gasteiger partial charge in [0.1, 0.15) is 0 Å². The zero-order valence-corrected chi connectivity index (χ0v) is 10.9. The van der Waals surface area contributed by atoms with Crippen LogP contribution in [0.4, 0.5) is 0 Å². The number of hydrogen-bond donors (Lipinski definition) is 2. The van der Waals surface area contributed by atoms with Crippen LogP contribution in [0.1, 0.15) is 38.4 Å². The summed E-state index contributed by atoms with van der Waals surface area (Å²) in [6.45, 7) is 9.27. The van der Waals surface area contributed by atoms with Gasteiger partial charge < -0.3 is 10.1 Å². The zero-order chi connectivity index (χ0) is 12.2. The van der Waals surface area contributed by atoms with Gasteiger partial charge in [0.2, 0.25) is 0 Å². The van der Waals surface area contributed by atoms with E-state index in [4.69, 9.17) is 4.74 Å². The van der Waals surface area contributed by atoms with Crippen molar-refractivity contribution in [2.45, 2.75) is 52.3 Å². The third-order valence-electron chi connectivity index (χ3n) is 2.93. The number of rotatable bonds is 6. The molecule has 4 nitrogen and oxygen atoms in total. The lowest BCUT2D eigenvalue weighted by Gasteiger charge is -2.27. The zero-order valence-electron chi connectivity index (χ0n) is 10.9. The van der Waals surface area contributed by atoms with Gasteiger partial charge in [-0.25, -0.2) is 0 Å². The largest absolute Gasteiger partial charge is 0.379 e. The number of H-pyrrole nitrogens is 1. The summed E-state index contributed by atoms with van der Waals surface area (Å²) in [6, 6.07) is 0.421. The van der Waals surface area contributed by atoms with E-state index >= 15 is 0 Å². The highest BCUT2D eigenvalue weighted by atomic mass is 16.5. The second-order valence-electron chi connectivity index (χ2n) is 4.97. The highest BCUT2D eigenvalue weighted by Gasteiger charge is 2.19. The number of aryl methyl sites for hydroxylation is 1. The molecule has 0 radical (unpaired) electrons. The molecule has 4 heteroatoms. The molecule has 0 fully saturated rings. The van der Waals surface area contributed by atoms with Gasteiger partial charge in [0.05, 0.1) is 11.8 Å². The van der Waals surface area contributed by atoms with Crippen LogP contribution < -0.4 is 5.32 Å². The molecule has 0 aliphatic rings. The third-order valence-corrected chi connectivity index (χ3v) is 2.93. The number of nitrogens with one attached hydrogen (secondary N) is 2. The van der Waals surface area contributed by atoms with E-state index in [-0.39, 0.29) is 5.60 Å². The predicted molar refractivity (Wildman–Crippen MR) is 65.3 cm³/mol. The number of aromatic nitrogens is 2. The summed E-state index contributed by atoms with van der Waals surface area (Å²) >= 11 is 0. The minimum Gasteiger partial charge on any atom is -0.379 e. The summed E-state index contributed by atoms with van der Waals surface area (Å²) < 4.78 is 5.41. The molecule has 1 unspecified atom stereocenters. The van der Waals surface area contributed by atoms with Crippen LogP contribution in [0.25, 0.3) is 0 Å². The van der Waals surface area contributed by atoms with E-state index in [1.54, 1.807) is 7.11 Å². The van der Waals surface area contributed by atoms with Crippen LogP contribution in [0, 0.1) is 6.92 Å². The van der Waals surface area contributed by atoms with Crippen LogP contribution in [0.2, 0.25) is 0 Å². The molecule has 0 aliphatic heterocycles. The van der Waals surface area contributed by atoms with Gasteiger partial charge in [-0.1, -0.05) is 0 Å². The first-order valence-electron chi connectivity index (χ1n) is 5.72. The van der Waals surface area contributed by atoms with Crippen molar-refractivity contribution in [2.24, 2.45) is 0 Å². The summed E-state index contributed by atoms with van der Waals surface area (Å²) in [5.74, 6) is 0. The molecule has 1 aromatic heterocycles. The molecule has 0 amide bonds. The Labute approximate surface area is 97.8 Å². The second-order valence-corrected chi connectivity index (χ2v) is 4.97. The molecule has 0 aliphatic carbocycles. The minimum atomic E-state index is -0.0716. The summed E-state index contributed by atoms with van der Waals surface area (Å²) in [4.78, 5) is 0. The van der Waals surface area contributed by atoms with Crippen molar-refractivity contribution in [2.75, 3.05) is 7.11 Å². The van der Waals surface area contributed by atoms with E-state index in [1.165, 1.54) is 5.56 Å². The van der Waals surface area contributed by atoms with Gasteiger partial charge in [0.25, 0.3) is 0 Å². The van der Waals surface area contributed by atoms with E-state index in [0.717, 1.165) is 18.7 Å². The molecular weight excluding hydrogens is 202 g/mol. The van der Waals surface area contributed by atoms with E-state index in [1.807, 2.05) is 13.1 Å². The molecule has 0 saturated carbocycles. The standard InChI is InChI=1S/C12H23N3O/c1-9(6-12(3,4)16-5)13-7-11-8-14-15-10(11)2/h8-9,13H,6-7H2,1-5H3,(H,14,15). The van der Waals surface area contributed by atoms with Gasteiger partial charge in [0.15, 0.2) is 0 Å². The van der Waals surface area contributed by atoms with Crippen LogP contribution in [0.5, 0.6) is 0 Å². The highest BCUT2D eigenvalue weighted by Crippen LogP contribution is 2.15. The van der Waals surface area contributed by atoms with Crippen LogP contribution in [0.15, 0.2) is 6.20 Å². The molecular formula is C12H23N3O. The molecule has 0 saturated heterocycles. The Hall–Kier alpha value is -0.870. The topological polar surface area (TPSA) is 49.9 Å². The first kappa shape index (κ1) is 13.2. The highest BCUT2D eigenvalue weighted by molar-refractivity contribution is 5.13. The number of aromatic amines is 1. The smallest absolute Gasteiger partial charge is 0.0637 e. The Bertz CT molecular complexity index is 320. The Kier molecular flexibility index (Phi) is 4.50. The molecule has 1 rings (SSSR count). The van der Waals surface area contributed by atoms with Crippen LogP contribution in [-0.4, -0.2) is 29.0 Å². The van der Waals surface area contributed by atoms with E-state index < -0.39 is 0 Å². The molecule has 92 valence electrons. The SMILES string of the molecule is COC(C)(C)CC(C)NCc1cn[nH]c1C. The van der Waals surface area contributed by atoms with Crippen LogP contribution in [0.3, 0.4) is 0 Å². The van der Waals surface area contributed by atoms with E-state index in [9.17, 15) is 0 Å². The molecule has 16 heavy (non-hydrogen) atoms. The third kappa shape index (κ3) is 3.94. The Morgan fingerprint density at radius 3 is 2.75 bits per heavy atom. The lowest BCUT2D eigenvalue weighted by molar-refractivity contribution is 0.00844. The average Bonchev–Trinajstić information content (AvgIpc) is 2.60. The van der Waals surface area contributed by atoms with Crippen molar-refractivity contribution in [1.29, 1.82) is 0 Å². The summed E-state index contributed by atoms with van der Waals surface area (Å²) in [7, 11) is 1.76. The first-order chi connectivity index (χ1) is 7.44. The van der Waals surface area contributed by atoms with Crippen molar-refractivity contribution in [3.63, 3.8) is 0 Å². The monoisotopic (exact) mass is 225 g/mol. The molecule has 2 N–H and O–H groups in total. The van der Waals surface area contributed by atoms with Crippen LogP contribution in [-0.2, 0) is 11.3 Å². The number of methoxy groups -OCH3 is 1. The fourth-order valence-corrected chi connectivity index (χ4v) is 1.73. The molecule has 1 aromatic rings. The van der Waals surface area contributed by atoms with Crippen molar-refractivity contribution >= 4 is 0 Å². The maximum Gasteiger partial charge on any atom is 0.0637 e.